The molecule has 2 heteroatoms. The molecule has 19 heavy (non-hydrogen) atoms. The van der Waals surface area contributed by atoms with Crippen molar-refractivity contribution in [2.45, 2.75) is 5.92 Å². The molecule has 0 amide bonds. The van der Waals surface area contributed by atoms with Crippen molar-refractivity contribution < 1.29 is 0 Å². The second-order valence-corrected chi connectivity index (χ2v) is 4.79. The summed E-state index contributed by atoms with van der Waals surface area (Å²) in [5, 5.41) is 4.03. The quantitative estimate of drug-likeness (QED) is 0.645. The maximum Gasteiger partial charge on any atom is 0.0574 e. The molecule has 1 atom stereocenters. The molecule has 1 N–H and O–H groups in total. The van der Waals surface area contributed by atoms with Gasteiger partial charge in [0.15, 0.2) is 0 Å². The first-order chi connectivity index (χ1) is 9.31. The average Bonchev–Trinajstić information content (AvgIpc) is 2.46. The third-order valence-electron chi connectivity index (χ3n) is 3.05. The molecule has 0 aliphatic carbocycles. The lowest BCUT2D eigenvalue weighted by Crippen LogP contribution is -2.22. The molecule has 0 bridgehead atoms. The lowest BCUT2D eigenvalue weighted by atomic mass is 9.91. The zero-order valence-electron chi connectivity index (χ0n) is 10.6. The Kier molecular flexibility index (Phi) is 5.03. The van der Waals surface area contributed by atoms with Crippen molar-refractivity contribution in [3.05, 3.63) is 70.7 Å². The Hall–Kier alpha value is -1.75. The second kappa shape index (κ2) is 6.99. The summed E-state index contributed by atoms with van der Waals surface area (Å²) < 4.78 is 0. The normalized spacial score (nSPS) is 11.8. The number of halogens is 1. The van der Waals surface area contributed by atoms with Gasteiger partial charge in [0.2, 0.25) is 0 Å². The molecule has 1 unspecified atom stereocenters. The lowest BCUT2D eigenvalue weighted by Gasteiger charge is -2.18. The first kappa shape index (κ1) is 13.7. The molecule has 0 aliphatic heterocycles. The van der Waals surface area contributed by atoms with Gasteiger partial charge in [0.25, 0.3) is 0 Å². The third kappa shape index (κ3) is 3.86. The van der Waals surface area contributed by atoms with E-state index in [9.17, 15) is 0 Å². The van der Waals surface area contributed by atoms with Crippen LogP contribution in [0.4, 0.5) is 0 Å². The summed E-state index contributed by atoms with van der Waals surface area (Å²) in [6.45, 7) is 1.40. The topological polar surface area (TPSA) is 12.0 Å². The Bertz CT molecular complexity index is 540. The molecule has 0 fully saturated rings. The van der Waals surface area contributed by atoms with Crippen LogP contribution in [0.25, 0.3) is 0 Å². The zero-order valence-corrected chi connectivity index (χ0v) is 11.4. The van der Waals surface area contributed by atoms with Crippen LogP contribution in [0.15, 0.2) is 54.6 Å². The van der Waals surface area contributed by atoms with Gasteiger partial charge in [-0.25, -0.2) is 0 Å². The fraction of sp³-hybridized carbons (Fsp3) is 0.176. The summed E-state index contributed by atoms with van der Waals surface area (Å²) >= 11 is 5.95. The van der Waals surface area contributed by atoms with Gasteiger partial charge in [0.05, 0.1) is 6.54 Å². The van der Waals surface area contributed by atoms with Gasteiger partial charge in [-0.15, -0.1) is 6.42 Å². The van der Waals surface area contributed by atoms with Crippen molar-refractivity contribution in [2.75, 3.05) is 13.1 Å². The van der Waals surface area contributed by atoms with E-state index >= 15 is 0 Å². The maximum atomic E-state index is 5.95. The second-order valence-electron chi connectivity index (χ2n) is 4.35. The van der Waals surface area contributed by atoms with Crippen LogP contribution in [0.2, 0.25) is 5.02 Å². The van der Waals surface area contributed by atoms with Crippen LogP contribution in [0.3, 0.4) is 0 Å². The first-order valence-corrected chi connectivity index (χ1v) is 6.63. The van der Waals surface area contributed by atoms with Crippen molar-refractivity contribution in [3.63, 3.8) is 0 Å². The van der Waals surface area contributed by atoms with Crippen LogP contribution in [-0.4, -0.2) is 13.1 Å². The molecule has 2 aromatic rings. The van der Waals surface area contributed by atoms with Gasteiger partial charge in [-0.05, 0) is 23.3 Å². The molecular weight excluding hydrogens is 254 g/mol. The van der Waals surface area contributed by atoms with E-state index in [0.717, 1.165) is 11.6 Å². The number of benzene rings is 2. The Morgan fingerprint density at radius 1 is 1.00 bits per heavy atom. The predicted molar refractivity (Wildman–Crippen MR) is 81.4 cm³/mol. The monoisotopic (exact) mass is 269 g/mol. The van der Waals surface area contributed by atoms with Crippen molar-refractivity contribution in [2.24, 2.45) is 0 Å². The summed E-state index contributed by atoms with van der Waals surface area (Å²) in [6.07, 6.45) is 5.28. The first-order valence-electron chi connectivity index (χ1n) is 6.26. The summed E-state index contributed by atoms with van der Waals surface area (Å²) in [4.78, 5) is 0. The minimum absolute atomic E-state index is 0.284. The number of terminal acetylenes is 1. The molecule has 2 aromatic carbocycles. The standard InChI is InChI=1S/C17H16ClN/c1-2-12-19-13-17(14-6-4-3-5-7-14)15-8-10-16(18)11-9-15/h1,3-11,17,19H,12-13H2. The van der Waals surface area contributed by atoms with E-state index in [2.05, 4.69) is 47.6 Å². The minimum atomic E-state index is 0.284. The van der Waals surface area contributed by atoms with E-state index in [1.807, 2.05) is 18.2 Å². The summed E-state index contributed by atoms with van der Waals surface area (Å²) in [5.74, 6) is 2.89. The molecule has 0 radical (unpaired) electrons. The zero-order chi connectivity index (χ0) is 13.5. The fourth-order valence-electron chi connectivity index (χ4n) is 2.10. The van der Waals surface area contributed by atoms with Crippen molar-refractivity contribution >= 4 is 11.6 Å². The summed E-state index contributed by atoms with van der Waals surface area (Å²) in [5.41, 5.74) is 2.51. The predicted octanol–water partition coefficient (Wildman–Crippen LogP) is 3.69. The average molecular weight is 270 g/mol. The SMILES string of the molecule is C#CCNCC(c1ccccc1)c1ccc(Cl)cc1. The molecule has 0 saturated heterocycles. The highest BCUT2D eigenvalue weighted by Crippen LogP contribution is 2.25. The number of rotatable bonds is 5. The molecule has 1 nitrogen and oxygen atoms in total. The largest absolute Gasteiger partial charge is 0.305 e. The Morgan fingerprint density at radius 2 is 1.63 bits per heavy atom. The molecule has 0 aliphatic rings. The van der Waals surface area contributed by atoms with Crippen LogP contribution in [0, 0.1) is 12.3 Å². The minimum Gasteiger partial charge on any atom is -0.305 e. The summed E-state index contributed by atoms with van der Waals surface area (Å²) in [6, 6.07) is 18.4. The lowest BCUT2D eigenvalue weighted by molar-refractivity contribution is 0.683. The van der Waals surface area contributed by atoms with Crippen LogP contribution in [0.1, 0.15) is 17.0 Å². The van der Waals surface area contributed by atoms with E-state index in [-0.39, 0.29) is 5.92 Å². The molecule has 0 heterocycles. The Morgan fingerprint density at radius 3 is 2.26 bits per heavy atom. The molecule has 96 valence electrons. The van der Waals surface area contributed by atoms with E-state index in [4.69, 9.17) is 18.0 Å². The van der Waals surface area contributed by atoms with Gasteiger partial charge in [-0.2, -0.15) is 0 Å². The number of nitrogens with one attached hydrogen (secondary N) is 1. The van der Waals surface area contributed by atoms with Gasteiger partial charge < -0.3 is 5.32 Å². The highest BCUT2D eigenvalue weighted by Gasteiger charge is 2.13. The van der Waals surface area contributed by atoms with Gasteiger partial charge >= 0.3 is 0 Å². The number of hydrogen-bond donors (Lipinski definition) is 1. The molecule has 0 saturated carbocycles. The van der Waals surface area contributed by atoms with E-state index < -0.39 is 0 Å². The van der Waals surface area contributed by atoms with Gasteiger partial charge in [-0.1, -0.05) is 60.0 Å². The van der Waals surface area contributed by atoms with E-state index in [0.29, 0.717) is 6.54 Å². The van der Waals surface area contributed by atoms with Crippen LogP contribution in [0.5, 0.6) is 0 Å². The van der Waals surface area contributed by atoms with Crippen LogP contribution >= 0.6 is 11.6 Å². The van der Waals surface area contributed by atoms with Crippen LogP contribution in [-0.2, 0) is 0 Å². The van der Waals surface area contributed by atoms with Crippen molar-refractivity contribution in [1.82, 2.24) is 5.32 Å². The van der Waals surface area contributed by atoms with Gasteiger partial charge in [0.1, 0.15) is 0 Å². The Labute approximate surface area is 119 Å². The smallest absolute Gasteiger partial charge is 0.0574 e. The van der Waals surface area contributed by atoms with Crippen molar-refractivity contribution in [3.8, 4) is 12.3 Å². The molecule has 2 rings (SSSR count). The Balaban J connectivity index is 2.24. The van der Waals surface area contributed by atoms with E-state index in [1.165, 1.54) is 11.1 Å². The third-order valence-corrected chi connectivity index (χ3v) is 3.30. The molecule has 0 aromatic heterocycles. The van der Waals surface area contributed by atoms with Crippen molar-refractivity contribution in [1.29, 1.82) is 0 Å². The van der Waals surface area contributed by atoms with Crippen LogP contribution < -0.4 is 5.32 Å². The highest BCUT2D eigenvalue weighted by atomic mass is 35.5. The van der Waals surface area contributed by atoms with Gasteiger partial charge in [0, 0.05) is 17.5 Å². The summed E-state index contributed by atoms with van der Waals surface area (Å²) in [7, 11) is 0. The molecule has 0 spiro atoms. The fourth-order valence-corrected chi connectivity index (χ4v) is 2.22. The molecular formula is C17H16ClN. The van der Waals surface area contributed by atoms with E-state index in [1.54, 1.807) is 0 Å². The number of hydrogen-bond acceptors (Lipinski definition) is 1. The van der Waals surface area contributed by atoms with Gasteiger partial charge in [-0.3, -0.25) is 0 Å². The highest BCUT2D eigenvalue weighted by molar-refractivity contribution is 6.30. The maximum absolute atomic E-state index is 5.95.